The van der Waals surface area contributed by atoms with Gasteiger partial charge in [-0.25, -0.2) is 13.8 Å². The van der Waals surface area contributed by atoms with Gasteiger partial charge in [-0.05, 0) is 33.1 Å². The van der Waals surface area contributed by atoms with Crippen LogP contribution in [0.1, 0.15) is 43.6 Å². The van der Waals surface area contributed by atoms with Gasteiger partial charge >= 0.3 is 0 Å². The summed E-state index contributed by atoms with van der Waals surface area (Å²) in [5.41, 5.74) is -0.159. The highest BCUT2D eigenvalue weighted by Crippen LogP contribution is 2.42. The van der Waals surface area contributed by atoms with E-state index < -0.39 is 17.7 Å². The number of fused-ring (bicyclic) bond motifs is 1. The summed E-state index contributed by atoms with van der Waals surface area (Å²) in [4.78, 5) is 21.3. The van der Waals surface area contributed by atoms with Crippen molar-refractivity contribution in [1.82, 2.24) is 20.0 Å². The Morgan fingerprint density at radius 3 is 2.73 bits per heavy atom. The van der Waals surface area contributed by atoms with Crippen molar-refractivity contribution < 1.29 is 13.6 Å². The third kappa shape index (κ3) is 2.37. The van der Waals surface area contributed by atoms with E-state index >= 15 is 0 Å². The molecule has 0 aromatic carbocycles. The molecule has 1 aromatic rings. The lowest BCUT2D eigenvalue weighted by Gasteiger charge is -2.35. The lowest BCUT2D eigenvalue weighted by atomic mass is 9.84. The van der Waals surface area contributed by atoms with Crippen molar-refractivity contribution in [3.63, 3.8) is 0 Å². The standard InChI is InChI=1S/C15H20F2N4O/c1-10-8-19-11(9-18-10)12-4-7-20-6-3-5-15(2,13(16)17)14(22)21(12)20/h8-9,12-13H,3-7H2,1-2H3/t12-,15?/m1/s1. The molecule has 0 bridgehead atoms. The summed E-state index contributed by atoms with van der Waals surface area (Å²) in [5.74, 6) is -0.495. The van der Waals surface area contributed by atoms with Crippen LogP contribution in [-0.2, 0) is 4.79 Å². The molecule has 1 amide bonds. The second-order valence-corrected chi connectivity index (χ2v) is 6.31. The number of rotatable bonds is 2. The highest BCUT2D eigenvalue weighted by Gasteiger charge is 2.51. The smallest absolute Gasteiger partial charge is 0.252 e. The molecule has 2 aliphatic rings. The highest BCUT2D eigenvalue weighted by atomic mass is 19.3. The molecule has 5 nitrogen and oxygen atoms in total. The van der Waals surface area contributed by atoms with E-state index in [1.54, 1.807) is 12.4 Å². The second kappa shape index (κ2) is 5.53. The van der Waals surface area contributed by atoms with Crippen molar-refractivity contribution in [3.8, 4) is 0 Å². The van der Waals surface area contributed by atoms with Crippen molar-refractivity contribution in [2.45, 2.75) is 45.6 Å². The van der Waals surface area contributed by atoms with E-state index in [-0.39, 0.29) is 12.5 Å². The fourth-order valence-electron chi connectivity index (χ4n) is 3.24. The molecular weight excluding hydrogens is 290 g/mol. The molecule has 7 heteroatoms. The average Bonchev–Trinajstić information content (AvgIpc) is 2.85. The first-order valence-corrected chi connectivity index (χ1v) is 7.58. The van der Waals surface area contributed by atoms with Gasteiger partial charge in [-0.3, -0.25) is 19.8 Å². The summed E-state index contributed by atoms with van der Waals surface area (Å²) in [5, 5.41) is 3.40. The van der Waals surface area contributed by atoms with Gasteiger partial charge in [0.25, 0.3) is 6.43 Å². The van der Waals surface area contributed by atoms with Crippen LogP contribution < -0.4 is 0 Å². The molecule has 0 saturated carbocycles. The molecular formula is C15H20F2N4O. The highest BCUT2D eigenvalue weighted by molar-refractivity contribution is 5.83. The molecule has 2 fully saturated rings. The molecule has 2 atom stereocenters. The van der Waals surface area contributed by atoms with Crippen LogP contribution in [0.3, 0.4) is 0 Å². The number of nitrogens with zero attached hydrogens (tertiary/aromatic N) is 4. The number of carbonyl (C=O) groups excluding carboxylic acids is 1. The first-order valence-electron chi connectivity index (χ1n) is 7.58. The fraction of sp³-hybridized carbons (Fsp3) is 0.667. The van der Waals surface area contributed by atoms with Crippen molar-refractivity contribution >= 4 is 5.91 Å². The van der Waals surface area contributed by atoms with E-state index in [1.165, 1.54) is 11.9 Å². The van der Waals surface area contributed by atoms with Crippen LogP contribution in [-0.4, -0.2) is 45.4 Å². The van der Waals surface area contributed by atoms with Crippen LogP contribution in [0.5, 0.6) is 0 Å². The number of halogens is 2. The molecule has 0 N–H and O–H groups in total. The number of hydrogen-bond donors (Lipinski definition) is 0. The van der Waals surface area contributed by atoms with Gasteiger partial charge in [-0.2, -0.15) is 0 Å². The number of aromatic nitrogens is 2. The lowest BCUT2D eigenvalue weighted by molar-refractivity contribution is -0.164. The zero-order valence-electron chi connectivity index (χ0n) is 12.8. The minimum Gasteiger partial charge on any atom is -0.273 e. The second-order valence-electron chi connectivity index (χ2n) is 6.31. The maximum absolute atomic E-state index is 13.5. The SMILES string of the molecule is Cc1cnc([C@H]2CCN3CCCC(C)(C(F)F)C(=O)N23)cn1. The third-order valence-corrected chi connectivity index (χ3v) is 4.69. The molecule has 0 spiro atoms. The van der Waals surface area contributed by atoms with E-state index in [9.17, 15) is 13.6 Å². The fourth-order valence-corrected chi connectivity index (χ4v) is 3.24. The Morgan fingerprint density at radius 2 is 2.09 bits per heavy atom. The Kier molecular flexibility index (Phi) is 3.84. The van der Waals surface area contributed by atoms with Crippen molar-refractivity contribution in [2.75, 3.05) is 13.1 Å². The Labute approximate surface area is 128 Å². The van der Waals surface area contributed by atoms with E-state index in [0.717, 1.165) is 5.69 Å². The van der Waals surface area contributed by atoms with Gasteiger partial charge in [-0.15, -0.1) is 0 Å². The molecule has 22 heavy (non-hydrogen) atoms. The first-order chi connectivity index (χ1) is 10.4. The summed E-state index contributed by atoms with van der Waals surface area (Å²) in [6, 6.07) is -0.295. The minimum absolute atomic E-state index is 0.211. The largest absolute Gasteiger partial charge is 0.273 e. The molecule has 0 aliphatic carbocycles. The molecule has 3 rings (SSSR count). The van der Waals surface area contributed by atoms with Gasteiger partial charge in [0.05, 0.1) is 23.6 Å². The van der Waals surface area contributed by atoms with E-state index in [4.69, 9.17) is 0 Å². The summed E-state index contributed by atoms with van der Waals surface area (Å²) in [6.45, 7) is 4.53. The maximum Gasteiger partial charge on any atom is 0.252 e. The summed E-state index contributed by atoms with van der Waals surface area (Å²) in [7, 11) is 0. The molecule has 2 aliphatic heterocycles. The van der Waals surface area contributed by atoms with E-state index in [2.05, 4.69) is 9.97 Å². The molecule has 1 unspecified atom stereocenters. The van der Waals surface area contributed by atoms with Gasteiger partial charge < -0.3 is 0 Å². The van der Waals surface area contributed by atoms with Crippen LogP contribution in [0.2, 0.25) is 0 Å². The number of alkyl halides is 2. The third-order valence-electron chi connectivity index (χ3n) is 4.69. The number of hydrogen-bond acceptors (Lipinski definition) is 4. The normalized spacial score (nSPS) is 29.8. The van der Waals surface area contributed by atoms with Crippen LogP contribution in [0.25, 0.3) is 0 Å². The van der Waals surface area contributed by atoms with Gasteiger partial charge in [0.15, 0.2) is 0 Å². The predicted octanol–water partition coefficient (Wildman–Crippen LogP) is 2.34. The number of aryl methyl sites for hydroxylation is 1. The quantitative estimate of drug-likeness (QED) is 0.841. The van der Waals surface area contributed by atoms with Crippen LogP contribution >= 0.6 is 0 Å². The maximum atomic E-state index is 13.5. The van der Waals surface area contributed by atoms with Gasteiger partial charge in [0.2, 0.25) is 5.91 Å². The molecule has 1 aromatic heterocycles. The summed E-state index contributed by atoms with van der Waals surface area (Å²) < 4.78 is 27.0. The number of hydrazine groups is 1. The minimum atomic E-state index is -2.66. The Balaban J connectivity index is 1.95. The van der Waals surface area contributed by atoms with Gasteiger partial charge in [0, 0.05) is 19.3 Å². The topological polar surface area (TPSA) is 49.3 Å². The molecule has 3 heterocycles. The summed E-state index contributed by atoms with van der Waals surface area (Å²) >= 11 is 0. The van der Waals surface area contributed by atoms with Crippen LogP contribution in [0.15, 0.2) is 12.4 Å². The summed E-state index contributed by atoms with van der Waals surface area (Å²) in [6.07, 6.45) is 2.12. The number of amides is 1. The molecule has 120 valence electrons. The van der Waals surface area contributed by atoms with Crippen molar-refractivity contribution in [3.05, 3.63) is 23.8 Å². The molecule has 2 saturated heterocycles. The Bertz CT molecular complexity index is 565. The Hall–Kier alpha value is -1.63. The van der Waals surface area contributed by atoms with Crippen molar-refractivity contribution in [2.24, 2.45) is 5.41 Å². The number of carbonyl (C=O) groups is 1. The molecule has 0 radical (unpaired) electrons. The van der Waals surface area contributed by atoms with Gasteiger partial charge in [0.1, 0.15) is 5.41 Å². The van der Waals surface area contributed by atoms with Crippen LogP contribution in [0, 0.1) is 12.3 Å². The van der Waals surface area contributed by atoms with Gasteiger partial charge in [-0.1, -0.05) is 0 Å². The van der Waals surface area contributed by atoms with Crippen LogP contribution in [0.4, 0.5) is 8.78 Å². The van der Waals surface area contributed by atoms with E-state index in [1.807, 2.05) is 11.9 Å². The monoisotopic (exact) mass is 310 g/mol. The lowest BCUT2D eigenvalue weighted by Crippen LogP contribution is -2.49. The predicted molar refractivity (Wildman–Crippen MR) is 75.9 cm³/mol. The average molecular weight is 310 g/mol. The zero-order valence-corrected chi connectivity index (χ0v) is 12.8. The zero-order chi connectivity index (χ0) is 15.9. The van der Waals surface area contributed by atoms with Crippen molar-refractivity contribution in [1.29, 1.82) is 0 Å². The van der Waals surface area contributed by atoms with E-state index in [0.29, 0.717) is 31.6 Å². The first kappa shape index (κ1) is 15.3. The Morgan fingerprint density at radius 1 is 1.32 bits per heavy atom.